The van der Waals surface area contributed by atoms with Crippen LogP contribution in [0.25, 0.3) is 0 Å². The molecule has 0 amide bonds. The fourth-order valence-corrected chi connectivity index (χ4v) is 8.81. The van der Waals surface area contributed by atoms with Crippen LogP contribution in [-0.2, 0) is 28.6 Å². The normalized spacial score (nSPS) is 12.8. The molecule has 6 heteroatoms. The summed E-state index contributed by atoms with van der Waals surface area (Å²) in [5.41, 5.74) is 0. The molecule has 0 aliphatic rings. The van der Waals surface area contributed by atoms with Crippen molar-refractivity contribution in [2.45, 2.75) is 303 Å². The molecule has 0 saturated heterocycles. The first-order chi connectivity index (χ1) is 37.5. The third-order valence-electron chi connectivity index (χ3n) is 13.5. The summed E-state index contributed by atoms with van der Waals surface area (Å²) >= 11 is 0. The van der Waals surface area contributed by atoms with Crippen LogP contribution in [0.2, 0.25) is 0 Å². The minimum Gasteiger partial charge on any atom is -0.462 e. The summed E-state index contributed by atoms with van der Waals surface area (Å²) in [5.74, 6) is -0.939. The van der Waals surface area contributed by atoms with Crippen molar-refractivity contribution in [3.8, 4) is 0 Å². The fraction of sp³-hybridized carbons (Fsp3) is 0.700. The van der Waals surface area contributed by atoms with Crippen LogP contribution in [0.15, 0.2) is 109 Å². The van der Waals surface area contributed by atoms with Gasteiger partial charge in [0.2, 0.25) is 0 Å². The summed E-state index contributed by atoms with van der Waals surface area (Å²) in [6.07, 6.45) is 86.7. The quantitative estimate of drug-likeness (QED) is 0.0261. The van der Waals surface area contributed by atoms with Crippen molar-refractivity contribution in [2.75, 3.05) is 13.2 Å². The maximum absolute atomic E-state index is 12.9. The smallest absolute Gasteiger partial charge is 0.306 e. The second kappa shape index (κ2) is 63.6. The molecule has 0 rings (SSSR count). The zero-order valence-electron chi connectivity index (χ0n) is 49.7. The Balaban J connectivity index is 4.41. The number of carbonyl (C=O) groups excluding carboxylic acids is 3. The lowest BCUT2D eigenvalue weighted by Gasteiger charge is -2.18. The molecule has 0 aliphatic heterocycles. The molecule has 434 valence electrons. The number of carbonyl (C=O) groups is 3. The van der Waals surface area contributed by atoms with Crippen molar-refractivity contribution in [1.82, 2.24) is 0 Å². The molecule has 0 aromatic rings. The second-order valence-corrected chi connectivity index (χ2v) is 20.9. The van der Waals surface area contributed by atoms with Gasteiger partial charge in [-0.15, -0.1) is 0 Å². The Kier molecular flexibility index (Phi) is 60.3. The Morgan fingerprint density at radius 1 is 0.276 bits per heavy atom. The second-order valence-electron chi connectivity index (χ2n) is 20.9. The van der Waals surface area contributed by atoms with E-state index in [2.05, 4.69) is 130 Å². The van der Waals surface area contributed by atoms with Crippen molar-refractivity contribution < 1.29 is 28.6 Å². The molecular formula is C70H118O6. The van der Waals surface area contributed by atoms with E-state index < -0.39 is 6.10 Å². The van der Waals surface area contributed by atoms with Crippen LogP contribution in [0, 0.1) is 0 Å². The Morgan fingerprint density at radius 2 is 0.513 bits per heavy atom. The summed E-state index contributed by atoms with van der Waals surface area (Å²) in [4.78, 5) is 38.3. The summed E-state index contributed by atoms with van der Waals surface area (Å²) in [7, 11) is 0. The van der Waals surface area contributed by atoms with Crippen LogP contribution in [0.1, 0.15) is 297 Å². The summed E-state index contributed by atoms with van der Waals surface area (Å²) in [6.45, 7) is 6.40. The van der Waals surface area contributed by atoms with E-state index in [1.54, 1.807) is 0 Å². The Hall–Kier alpha value is -3.93. The van der Waals surface area contributed by atoms with Gasteiger partial charge in [-0.3, -0.25) is 14.4 Å². The third-order valence-corrected chi connectivity index (χ3v) is 13.5. The predicted octanol–water partition coefficient (Wildman–Crippen LogP) is 21.8. The fourth-order valence-electron chi connectivity index (χ4n) is 8.81. The molecule has 0 aliphatic carbocycles. The maximum atomic E-state index is 12.9. The molecule has 0 aromatic heterocycles. The molecule has 0 heterocycles. The maximum Gasteiger partial charge on any atom is 0.306 e. The van der Waals surface area contributed by atoms with E-state index in [0.29, 0.717) is 19.3 Å². The van der Waals surface area contributed by atoms with E-state index in [-0.39, 0.29) is 31.1 Å². The first kappa shape index (κ1) is 72.1. The van der Waals surface area contributed by atoms with E-state index in [0.717, 1.165) is 122 Å². The van der Waals surface area contributed by atoms with Crippen LogP contribution in [0.3, 0.4) is 0 Å². The number of unbranched alkanes of at least 4 members (excludes halogenated alkanes) is 28. The number of allylic oxidation sites excluding steroid dienone is 18. The van der Waals surface area contributed by atoms with Gasteiger partial charge in [0, 0.05) is 19.3 Å². The monoisotopic (exact) mass is 1050 g/mol. The third kappa shape index (κ3) is 60.9. The molecule has 0 N–H and O–H groups in total. The average Bonchev–Trinajstić information content (AvgIpc) is 3.42. The topological polar surface area (TPSA) is 78.9 Å². The molecule has 0 spiro atoms. The SMILES string of the molecule is CC/C=C\C/C=C\C/C=C\C/C=C\C/C=C\CCCCCCCCCC(=O)OCC(COC(=O)CCCC/C=C\C/C=C\C/C=C\C/C=C\CC)OC(=O)CCCCCCCCCCCCCCCCCCCCCC. The van der Waals surface area contributed by atoms with Gasteiger partial charge in [-0.2, -0.15) is 0 Å². The molecule has 0 aromatic carbocycles. The Labute approximate surface area is 470 Å². The molecule has 6 nitrogen and oxygen atoms in total. The number of esters is 3. The molecule has 76 heavy (non-hydrogen) atoms. The number of hydrogen-bond acceptors (Lipinski definition) is 6. The van der Waals surface area contributed by atoms with E-state index in [1.807, 2.05) is 0 Å². The minimum absolute atomic E-state index is 0.0964. The van der Waals surface area contributed by atoms with Crippen LogP contribution < -0.4 is 0 Å². The first-order valence-electron chi connectivity index (χ1n) is 31.9. The highest BCUT2D eigenvalue weighted by Crippen LogP contribution is 2.17. The molecule has 1 unspecified atom stereocenters. The van der Waals surface area contributed by atoms with Crippen molar-refractivity contribution in [3.63, 3.8) is 0 Å². The van der Waals surface area contributed by atoms with Gasteiger partial charge < -0.3 is 14.2 Å². The van der Waals surface area contributed by atoms with E-state index in [1.165, 1.54) is 135 Å². The first-order valence-corrected chi connectivity index (χ1v) is 31.9. The van der Waals surface area contributed by atoms with Crippen LogP contribution in [0.4, 0.5) is 0 Å². The molecular weight excluding hydrogens is 937 g/mol. The molecule has 0 fully saturated rings. The van der Waals surface area contributed by atoms with Gasteiger partial charge in [0.15, 0.2) is 6.10 Å². The van der Waals surface area contributed by atoms with Crippen molar-refractivity contribution in [3.05, 3.63) is 109 Å². The van der Waals surface area contributed by atoms with E-state index in [9.17, 15) is 14.4 Å². The van der Waals surface area contributed by atoms with Gasteiger partial charge in [-0.25, -0.2) is 0 Å². The highest BCUT2D eigenvalue weighted by Gasteiger charge is 2.19. The van der Waals surface area contributed by atoms with Crippen LogP contribution >= 0.6 is 0 Å². The highest BCUT2D eigenvalue weighted by atomic mass is 16.6. The largest absolute Gasteiger partial charge is 0.462 e. The van der Waals surface area contributed by atoms with Gasteiger partial charge in [-0.1, -0.05) is 284 Å². The number of hydrogen-bond donors (Lipinski definition) is 0. The summed E-state index contributed by atoms with van der Waals surface area (Å²) < 4.78 is 16.9. The van der Waals surface area contributed by atoms with E-state index >= 15 is 0 Å². The average molecular weight is 1060 g/mol. The Morgan fingerprint density at radius 3 is 0.829 bits per heavy atom. The predicted molar refractivity (Wildman–Crippen MR) is 330 cm³/mol. The standard InChI is InChI=1S/C70H118O6/c1-4-7-10-13-16-19-22-25-28-30-32-34-35-36-38-39-42-45-48-51-54-57-60-63-69(72)75-66-67(65-74-68(71)62-59-56-53-50-47-44-41-27-24-21-18-15-12-9-6-3)76-70(73)64-61-58-55-52-49-46-43-40-37-33-31-29-26-23-20-17-14-11-8-5-2/h7,9-10,12,16,18-19,21,25,27-28,32,34,36,38,41,47,50,67H,4-6,8,11,13-15,17,20,22-24,26,29-31,33,35,37,39-40,42-46,48-49,51-66H2,1-3H3/b10-7-,12-9-,19-16-,21-18-,28-25-,34-32-,38-36-,41-27-,50-47-. The van der Waals surface area contributed by atoms with Crippen molar-refractivity contribution >= 4 is 17.9 Å². The van der Waals surface area contributed by atoms with Crippen molar-refractivity contribution in [1.29, 1.82) is 0 Å². The molecule has 0 bridgehead atoms. The van der Waals surface area contributed by atoms with Gasteiger partial charge in [-0.05, 0) is 103 Å². The van der Waals surface area contributed by atoms with Gasteiger partial charge in [0.05, 0.1) is 0 Å². The highest BCUT2D eigenvalue weighted by molar-refractivity contribution is 5.71. The Bertz CT molecular complexity index is 1540. The lowest BCUT2D eigenvalue weighted by Crippen LogP contribution is -2.30. The van der Waals surface area contributed by atoms with Crippen LogP contribution in [0.5, 0.6) is 0 Å². The molecule has 0 radical (unpaired) electrons. The zero-order valence-corrected chi connectivity index (χ0v) is 49.7. The number of ether oxygens (including phenoxy) is 3. The van der Waals surface area contributed by atoms with E-state index in [4.69, 9.17) is 14.2 Å². The van der Waals surface area contributed by atoms with Gasteiger partial charge >= 0.3 is 17.9 Å². The zero-order chi connectivity index (χ0) is 55.0. The number of rotatable bonds is 57. The van der Waals surface area contributed by atoms with Crippen LogP contribution in [-0.4, -0.2) is 37.2 Å². The molecule has 0 saturated carbocycles. The lowest BCUT2D eigenvalue weighted by molar-refractivity contribution is -0.167. The lowest BCUT2D eigenvalue weighted by atomic mass is 10.0. The van der Waals surface area contributed by atoms with Gasteiger partial charge in [0.25, 0.3) is 0 Å². The minimum atomic E-state index is -0.801. The summed E-state index contributed by atoms with van der Waals surface area (Å²) in [6, 6.07) is 0. The van der Waals surface area contributed by atoms with Crippen molar-refractivity contribution in [2.24, 2.45) is 0 Å². The molecule has 1 atom stereocenters. The summed E-state index contributed by atoms with van der Waals surface area (Å²) in [5, 5.41) is 0. The van der Waals surface area contributed by atoms with Gasteiger partial charge in [0.1, 0.15) is 13.2 Å².